The zero-order chi connectivity index (χ0) is 12.0. The molecule has 0 radical (unpaired) electrons. The van der Waals surface area contributed by atoms with Crippen LogP contribution in [0.2, 0.25) is 0 Å². The minimum atomic E-state index is -0.166. The topological polar surface area (TPSA) is 41.6 Å². The quantitative estimate of drug-likeness (QED) is 0.686. The average Bonchev–Trinajstić information content (AvgIpc) is 2.78. The lowest BCUT2D eigenvalue weighted by atomic mass is 9.83. The highest BCUT2D eigenvalue weighted by atomic mass is 16.5. The van der Waals surface area contributed by atoms with Crippen LogP contribution in [-0.2, 0) is 9.53 Å². The van der Waals surface area contributed by atoms with Gasteiger partial charge >= 0.3 is 0 Å². The Morgan fingerprint density at radius 1 is 1.50 bits per heavy atom. The van der Waals surface area contributed by atoms with Crippen molar-refractivity contribution in [2.24, 2.45) is 5.41 Å². The Bertz CT molecular complexity index is 225. The van der Waals surface area contributed by atoms with Crippen LogP contribution in [0.15, 0.2) is 0 Å². The maximum atomic E-state index is 12.3. The second kappa shape index (κ2) is 6.21. The molecule has 0 aromatic carbocycles. The first kappa shape index (κ1) is 13.5. The van der Waals surface area contributed by atoms with Crippen molar-refractivity contribution in [3.05, 3.63) is 0 Å². The van der Waals surface area contributed by atoms with Gasteiger partial charge in [-0.05, 0) is 26.3 Å². The van der Waals surface area contributed by atoms with Crippen molar-refractivity contribution in [1.82, 2.24) is 10.2 Å². The number of ether oxygens (including phenoxy) is 1. The molecule has 1 fully saturated rings. The molecule has 94 valence electrons. The molecule has 16 heavy (non-hydrogen) atoms. The van der Waals surface area contributed by atoms with E-state index < -0.39 is 0 Å². The van der Waals surface area contributed by atoms with Crippen molar-refractivity contribution in [2.45, 2.75) is 26.7 Å². The Kier molecular flexibility index (Phi) is 5.22. The number of hydrogen-bond donors (Lipinski definition) is 1. The molecule has 4 heteroatoms. The monoisotopic (exact) mass is 228 g/mol. The third-order valence-electron chi connectivity index (χ3n) is 3.50. The molecule has 1 N–H and O–H groups in total. The molecule has 1 aliphatic rings. The summed E-state index contributed by atoms with van der Waals surface area (Å²) in [6.07, 6.45) is 1.87. The molecule has 1 heterocycles. The molecule has 1 aliphatic heterocycles. The fourth-order valence-corrected chi connectivity index (χ4v) is 2.23. The van der Waals surface area contributed by atoms with E-state index in [0.717, 1.165) is 25.9 Å². The smallest absolute Gasteiger partial charge is 0.229 e. The summed E-state index contributed by atoms with van der Waals surface area (Å²) in [5.41, 5.74) is -0.166. The van der Waals surface area contributed by atoms with Crippen LogP contribution in [0.1, 0.15) is 26.7 Å². The molecule has 1 saturated heterocycles. The van der Waals surface area contributed by atoms with Gasteiger partial charge in [-0.15, -0.1) is 0 Å². The van der Waals surface area contributed by atoms with Gasteiger partial charge in [0, 0.05) is 26.7 Å². The van der Waals surface area contributed by atoms with E-state index in [1.807, 2.05) is 18.9 Å². The standard InChI is InChI=1S/C12H24N2O2/c1-4-12(6-7-13-10-12)11(15)14(3)8-9-16-5-2/h13H,4-10H2,1-3H3. The van der Waals surface area contributed by atoms with Gasteiger partial charge in [-0.1, -0.05) is 6.92 Å². The fraction of sp³-hybridized carbons (Fsp3) is 0.917. The minimum Gasteiger partial charge on any atom is -0.380 e. The highest BCUT2D eigenvalue weighted by molar-refractivity contribution is 5.83. The predicted molar refractivity (Wildman–Crippen MR) is 64.3 cm³/mol. The summed E-state index contributed by atoms with van der Waals surface area (Å²) in [6.45, 7) is 7.88. The van der Waals surface area contributed by atoms with E-state index in [9.17, 15) is 4.79 Å². The van der Waals surface area contributed by atoms with Gasteiger partial charge in [-0.25, -0.2) is 0 Å². The predicted octanol–water partition coefficient (Wildman–Crippen LogP) is 0.871. The van der Waals surface area contributed by atoms with E-state index in [1.165, 1.54) is 0 Å². The largest absolute Gasteiger partial charge is 0.380 e. The van der Waals surface area contributed by atoms with Gasteiger partial charge in [0.1, 0.15) is 0 Å². The summed E-state index contributed by atoms with van der Waals surface area (Å²) in [7, 11) is 1.87. The fourth-order valence-electron chi connectivity index (χ4n) is 2.23. The second-order valence-electron chi connectivity index (χ2n) is 4.48. The van der Waals surface area contributed by atoms with Crippen molar-refractivity contribution in [2.75, 3.05) is 39.9 Å². The summed E-state index contributed by atoms with van der Waals surface area (Å²) in [4.78, 5) is 14.1. The second-order valence-corrected chi connectivity index (χ2v) is 4.48. The Labute approximate surface area is 98.3 Å². The van der Waals surface area contributed by atoms with E-state index >= 15 is 0 Å². The van der Waals surface area contributed by atoms with Crippen LogP contribution in [0.3, 0.4) is 0 Å². The van der Waals surface area contributed by atoms with Gasteiger partial charge in [0.25, 0.3) is 0 Å². The van der Waals surface area contributed by atoms with Crippen molar-refractivity contribution in [3.63, 3.8) is 0 Å². The van der Waals surface area contributed by atoms with Crippen molar-refractivity contribution in [3.8, 4) is 0 Å². The number of nitrogens with one attached hydrogen (secondary N) is 1. The van der Waals surface area contributed by atoms with E-state index in [1.54, 1.807) is 0 Å². The van der Waals surface area contributed by atoms with E-state index in [0.29, 0.717) is 19.8 Å². The lowest BCUT2D eigenvalue weighted by Gasteiger charge is -2.30. The Morgan fingerprint density at radius 3 is 2.75 bits per heavy atom. The molecule has 0 bridgehead atoms. The molecule has 0 saturated carbocycles. The lowest BCUT2D eigenvalue weighted by Crippen LogP contribution is -2.44. The maximum Gasteiger partial charge on any atom is 0.229 e. The zero-order valence-electron chi connectivity index (χ0n) is 10.7. The molecule has 4 nitrogen and oxygen atoms in total. The molecule has 0 aromatic heterocycles. The number of carbonyl (C=O) groups excluding carboxylic acids is 1. The maximum absolute atomic E-state index is 12.3. The average molecular weight is 228 g/mol. The van der Waals surface area contributed by atoms with Crippen LogP contribution in [-0.4, -0.2) is 50.7 Å². The first-order valence-electron chi connectivity index (χ1n) is 6.20. The number of amides is 1. The number of likely N-dealkylation sites (N-methyl/N-ethyl adjacent to an activating group) is 1. The van der Waals surface area contributed by atoms with E-state index in [2.05, 4.69) is 12.2 Å². The highest BCUT2D eigenvalue weighted by Gasteiger charge is 2.40. The third-order valence-corrected chi connectivity index (χ3v) is 3.50. The van der Waals surface area contributed by atoms with Gasteiger partial charge in [0.05, 0.1) is 12.0 Å². The van der Waals surface area contributed by atoms with Crippen molar-refractivity contribution in [1.29, 1.82) is 0 Å². The van der Waals surface area contributed by atoms with Crippen molar-refractivity contribution < 1.29 is 9.53 Å². The number of carbonyl (C=O) groups is 1. The molecule has 1 amide bonds. The van der Waals surface area contributed by atoms with Crippen LogP contribution in [0, 0.1) is 5.41 Å². The SMILES string of the molecule is CCOCCN(C)C(=O)C1(CC)CCNC1. The first-order chi connectivity index (χ1) is 7.66. The van der Waals surface area contributed by atoms with Crippen LogP contribution in [0.4, 0.5) is 0 Å². The summed E-state index contributed by atoms with van der Waals surface area (Å²) < 4.78 is 5.27. The van der Waals surface area contributed by atoms with Crippen molar-refractivity contribution >= 4 is 5.91 Å². The summed E-state index contributed by atoms with van der Waals surface area (Å²) in [5, 5.41) is 3.29. The van der Waals surface area contributed by atoms with Gasteiger partial charge in [0.2, 0.25) is 5.91 Å². The Hall–Kier alpha value is -0.610. The van der Waals surface area contributed by atoms with Gasteiger partial charge in [0.15, 0.2) is 0 Å². The number of nitrogens with zero attached hydrogens (tertiary/aromatic N) is 1. The summed E-state index contributed by atoms with van der Waals surface area (Å²) in [5.74, 6) is 0.264. The third kappa shape index (κ3) is 2.95. The molecule has 1 unspecified atom stereocenters. The van der Waals surface area contributed by atoms with Gasteiger partial charge in [-0.3, -0.25) is 4.79 Å². The van der Waals surface area contributed by atoms with Crippen LogP contribution in [0.5, 0.6) is 0 Å². The molecule has 1 rings (SSSR count). The number of hydrogen-bond acceptors (Lipinski definition) is 3. The van der Waals surface area contributed by atoms with Crippen LogP contribution >= 0.6 is 0 Å². The van der Waals surface area contributed by atoms with E-state index in [-0.39, 0.29) is 11.3 Å². The lowest BCUT2D eigenvalue weighted by molar-refractivity contribution is -0.140. The minimum absolute atomic E-state index is 0.166. The first-order valence-corrected chi connectivity index (χ1v) is 6.20. The van der Waals surface area contributed by atoms with Crippen LogP contribution in [0.25, 0.3) is 0 Å². The Balaban J connectivity index is 2.47. The number of rotatable bonds is 6. The van der Waals surface area contributed by atoms with Gasteiger partial charge < -0.3 is 15.0 Å². The molecule has 0 aliphatic carbocycles. The highest BCUT2D eigenvalue weighted by Crippen LogP contribution is 2.31. The normalized spacial score (nSPS) is 24.7. The summed E-state index contributed by atoms with van der Waals surface area (Å²) >= 11 is 0. The summed E-state index contributed by atoms with van der Waals surface area (Å²) in [6, 6.07) is 0. The van der Waals surface area contributed by atoms with Crippen LogP contribution < -0.4 is 5.32 Å². The molecular formula is C12H24N2O2. The molecule has 1 atom stereocenters. The van der Waals surface area contributed by atoms with E-state index in [4.69, 9.17) is 4.74 Å². The molecule has 0 aromatic rings. The zero-order valence-corrected chi connectivity index (χ0v) is 10.7. The van der Waals surface area contributed by atoms with Gasteiger partial charge in [-0.2, -0.15) is 0 Å². The Morgan fingerprint density at radius 2 is 2.25 bits per heavy atom. The molecular weight excluding hydrogens is 204 g/mol. The molecule has 0 spiro atoms.